The van der Waals surface area contributed by atoms with Crippen LogP contribution in [0.3, 0.4) is 0 Å². The molecule has 2 aromatic rings. The molecular formula is C25H32BrNO5. The van der Waals surface area contributed by atoms with Crippen LogP contribution in [0.4, 0.5) is 0 Å². The fourth-order valence-electron chi connectivity index (χ4n) is 3.40. The number of hydrogen-bond donors (Lipinski definition) is 1. The zero-order valence-electron chi connectivity index (χ0n) is 18.8. The van der Waals surface area contributed by atoms with Crippen molar-refractivity contribution < 1.29 is 24.2 Å². The van der Waals surface area contributed by atoms with Gasteiger partial charge in [-0.2, -0.15) is 0 Å². The first-order chi connectivity index (χ1) is 15.4. The molecule has 0 saturated heterocycles. The minimum atomic E-state index is -0.346. The number of esters is 2. The Kier molecular flexibility index (Phi) is 11.2. The van der Waals surface area contributed by atoms with Gasteiger partial charge in [-0.1, -0.05) is 24.3 Å². The molecule has 0 heterocycles. The van der Waals surface area contributed by atoms with Crippen molar-refractivity contribution in [1.29, 1.82) is 0 Å². The van der Waals surface area contributed by atoms with Crippen LogP contribution in [0.15, 0.2) is 46.9 Å². The van der Waals surface area contributed by atoms with E-state index in [1.807, 2.05) is 37.3 Å². The lowest BCUT2D eigenvalue weighted by atomic mass is 10.1. The van der Waals surface area contributed by atoms with Gasteiger partial charge in [0.2, 0.25) is 0 Å². The standard InChI is InChI=1S/C25H32BrNO5/c1-3-31-24(29)11-7-8-15-27(16-14-20-9-5-6-10-23(20)28)18-19-12-13-21(22(26)17-19)25(30)32-4-2/h5-6,9-10,12-13,17,28H,3-4,7-8,11,14-16,18H2,1-2H3. The monoisotopic (exact) mass is 505 g/mol. The molecule has 0 amide bonds. The normalized spacial score (nSPS) is 10.9. The summed E-state index contributed by atoms with van der Waals surface area (Å²) >= 11 is 3.48. The Balaban J connectivity index is 2.02. The van der Waals surface area contributed by atoms with Gasteiger partial charge in [0.05, 0.1) is 18.8 Å². The molecule has 0 aliphatic rings. The summed E-state index contributed by atoms with van der Waals surface area (Å²) in [6, 6.07) is 13.0. The lowest BCUT2D eigenvalue weighted by Crippen LogP contribution is -2.27. The Morgan fingerprint density at radius 3 is 2.44 bits per heavy atom. The number of carbonyl (C=O) groups excluding carboxylic acids is 2. The number of phenols is 1. The van der Waals surface area contributed by atoms with Crippen LogP contribution in [0.2, 0.25) is 0 Å². The average Bonchev–Trinajstić information content (AvgIpc) is 2.76. The van der Waals surface area contributed by atoms with E-state index in [9.17, 15) is 14.7 Å². The number of para-hydroxylation sites is 1. The highest BCUT2D eigenvalue weighted by atomic mass is 79.9. The maximum absolute atomic E-state index is 12.0. The van der Waals surface area contributed by atoms with Gasteiger partial charge in [0, 0.05) is 24.0 Å². The number of benzene rings is 2. The van der Waals surface area contributed by atoms with Crippen molar-refractivity contribution in [1.82, 2.24) is 4.90 Å². The smallest absolute Gasteiger partial charge is 0.339 e. The quantitative estimate of drug-likeness (QED) is 0.301. The molecule has 0 aliphatic heterocycles. The van der Waals surface area contributed by atoms with Gasteiger partial charge in [-0.3, -0.25) is 9.69 Å². The molecule has 6 nitrogen and oxygen atoms in total. The Bertz CT molecular complexity index is 886. The zero-order valence-corrected chi connectivity index (χ0v) is 20.4. The molecular weight excluding hydrogens is 474 g/mol. The molecule has 1 N–H and O–H groups in total. The molecule has 0 aliphatic carbocycles. The summed E-state index contributed by atoms with van der Waals surface area (Å²) in [6.45, 7) is 6.59. The predicted molar refractivity (Wildman–Crippen MR) is 128 cm³/mol. The van der Waals surface area contributed by atoms with Crippen LogP contribution in [0.1, 0.15) is 54.6 Å². The molecule has 0 radical (unpaired) electrons. The Morgan fingerprint density at radius 1 is 1.00 bits per heavy atom. The summed E-state index contributed by atoms with van der Waals surface area (Å²) < 4.78 is 10.8. The van der Waals surface area contributed by atoms with E-state index < -0.39 is 0 Å². The van der Waals surface area contributed by atoms with Crippen molar-refractivity contribution in [2.75, 3.05) is 26.3 Å². The topological polar surface area (TPSA) is 76.1 Å². The second kappa shape index (κ2) is 13.9. The molecule has 0 spiro atoms. The minimum Gasteiger partial charge on any atom is -0.508 e. The first kappa shape index (κ1) is 25.9. The number of aromatic hydroxyl groups is 1. The highest BCUT2D eigenvalue weighted by molar-refractivity contribution is 9.10. The van der Waals surface area contributed by atoms with E-state index >= 15 is 0 Å². The average molecular weight is 506 g/mol. The fraction of sp³-hybridized carbons (Fsp3) is 0.440. The predicted octanol–water partition coefficient (Wildman–Crippen LogP) is 5.11. The third kappa shape index (κ3) is 8.63. The van der Waals surface area contributed by atoms with E-state index in [1.54, 1.807) is 19.1 Å². The Morgan fingerprint density at radius 2 is 1.75 bits per heavy atom. The summed E-state index contributed by atoms with van der Waals surface area (Å²) in [4.78, 5) is 25.9. The van der Waals surface area contributed by atoms with Gasteiger partial charge in [-0.15, -0.1) is 0 Å². The number of rotatable bonds is 13. The lowest BCUT2D eigenvalue weighted by molar-refractivity contribution is -0.143. The molecule has 0 fully saturated rings. The summed E-state index contributed by atoms with van der Waals surface area (Å²) in [5.41, 5.74) is 2.47. The molecule has 174 valence electrons. The van der Waals surface area contributed by atoms with Crippen LogP contribution in [-0.2, 0) is 27.2 Å². The number of ether oxygens (including phenoxy) is 2. The van der Waals surface area contributed by atoms with E-state index in [0.717, 1.165) is 37.1 Å². The van der Waals surface area contributed by atoms with Crippen LogP contribution >= 0.6 is 15.9 Å². The zero-order chi connectivity index (χ0) is 23.3. The summed E-state index contributed by atoms with van der Waals surface area (Å²) in [5, 5.41) is 10.1. The second-order valence-electron chi connectivity index (χ2n) is 7.45. The van der Waals surface area contributed by atoms with E-state index in [4.69, 9.17) is 9.47 Å². The van der Waals surface area contributed by atoms with E-state index in [-0.39, 0.29) is 11.9 Å². The van der Waals surface area contributed by atoms with E-state index in [0.29, 0.717) is 48.4 Å². The Labute approximate surface area is 198 Å². The third-order valence-corrected chi connectivity index (χ3v) is 5.69. The molecule has 0 unspecified atom stereocenters. The van der Waals surface area contributed by atoms with Crippen molar-refractivity contribution in [3.8, 4) is 5.75 Å². The largest absolute Gasteiger partial charge is 0.508 e. The van der Waals surface area contributed by atoms with Crippen LogP contribution in [0.5, 0.6) is 5.75 Å². The van der Waals surface area contributed by atoms with Crippen molar-refractivity contribution >= 4 is 27.9 Å². The van der Waals surface area contributed by atoms with Crippen LogP contribution < -0.4 is 0 Å². The van der Waals surface area contributed by atoms with Crippen molar-refractivity contribution in [3.05, 3.63) is 63.6 Å². The molecule has 32 heavy (non-hydrogen) atoms. The summed E-state index contributed by atoms with van der Waals surface area (Å²) in [7, 11) is 0. The molecule has 2 aromatic carbocycles. The number of carbonyl (C=O) groups is 2. The minimum absolute atomic E-state index is 0.160. The highest BCUT2D eigenvalue weighted by Crippen LogP contribution is 2.22. The van der Waals surface area contributed by atoms with Gasteiger partial charge < -0.3 is 14.6 Å². The van der Waals surface area contributed by atoms with Gasteiger partial charge in [-0.05, 0) is 84.9 Å². The van der Waals surface area contributed by atoms with Gasteiger partial charge in [0.15, 0.2) is 0 Å². The van der Waals surface area contributed by atoms with E-state index in [1.165, 1.54) is 0 Å². The maximum Gasteiger partial charge on any atom is 0.339 e. The number of hydrogen-bond acceptors (Lipinski definition) is 6. The van der Waals surface area contributed by atoms with Crippen LogP contribution in [0, 0.1) is 0 Å². The van der Waals surface area contributed by atoms with E-state index in [2.05, 4.69) is 20.8 Å². The first-order valence-electron chi connectivity index (χ1n) is 11.0. The van der Waals surface area contributed by atoms with Gasteiger partial charge in [0.25, 0.3) is 0 Å². The highest BCUT2D eigenvalue weighted by Gasteiger charge is 2.14. The SMILES string of the molecule is CCOC(=O)CCCCN(CCc1ccccc1O)Cc1ccc(C(=O)OCC)c(Br)c1. The molecule has 0 bridgehead atoms. The third-order valence-electron chi connectivity index (χ3n) is 5.03. The summed E-state index contributed by atoms with van der Waals surface area (Å²) in [5.74, 6) is -0.204. The molecule has 0 saturated carbocycles. The molecule has 0 aromatic heterocycles. The summed E-state index contributed by atoms with van der Waals surface area (Å²) in [6.07, 6.45) is 2.76. The number of halogens is 1. The van der Waals surface area contributed by atoms with Gasteiger partial charge >= 0.3 is 11.9 Å². The molecule has 0 atom stereocenters. The van der Waals surface area contributed by atoms with Crippen molar-refractivity contribution in [2.45, 2.75) is 46.1 Å². The fourth-order valence-corrected chi connectivity index (χ4v) is 3.99. The maximum atomic E-state index is 12.0. The van der Waals surface area contributed by atoms with Crippen molar-refractivity contribution in [2.24, 2.45) is 0 Å². The molecule has 7 heteroatoms. The van der Waals surface area contributed by atoms with Gasteiger partial charge in [-0.25, -0.2) is 4.79 Å². The van der Waals surface area contributed by atoms with Crippen LogP contribution in [0.25, 0.3) is 0 Å². The van der Waals surface area contributed by atoms with Crippen LogP contribution in [-0.4, -0.2) is 48.2 Å². The second-order valence-corrected chi connectivity index (χ2v) is 8.31. The first-order valence-corrected chi connectivity index (χ1v) is 11.8. The lowest BCUT2D eigenvalue weighted by Gasteiger charge is -2.23. The number of nitrogens with zero attached hydrogens (tertiary/aromatic N) is 1. The molecule has 2 rings (SSSR count). The Hall–Kier alpha value is -2.38. The number of phenolic OH excluding ortho intramolecular Hbond substituents is 1. The van der Waals surface area contributed by atoms with Gasteiger partial charge in [0.1, 0.15) is 5.75 Å². The van der Waals surface area contributed by atoms with Crippen molar-refractivity contribution in [3.63, 3.8) is 0 Å². The number of unbranched alkanes of at least 4 members (excludes halogenated alkanes) is 1.